The zero-order valence-corrected chi connectivity index (χ0v) is 15.8. The number of rotatable bonds is 3. The summed E-state index contributed by atoms with van der Waals surface area (Å²) < 4.78 is 52.0. The van der Waals surface area contributed by atoms with Gasteiger partial charge in [-0.05, 0) is 37.2 Å². The summed E-state index contributed by atoms with van der Waals surface area (Å²) in [5, 5.41) is 8.22. The summed E-state index contributed by atoms with van der Waals surface area (Å²) in [5.41, 5.74) is -0.896. The first-order valence-electron chi connectivity index (χ1n) is 9.41. The van der Waals surface area contributed by atoms with Crippen molar-refractivity contribution in [1.82, 2.24) is 14.9 Å². The third-order valence-electron chi connectivity index (χ3n) is 5.49. The van der Waals surface area contributed by atoms with Crippen molar-refractivity contribution in [2.24, 2.45) is 5.41 Å². The highest BCUT2D eigenvalue weighted by atomic mass is 19.4. The van der Waals surface area contributed by atoms with E-state index in [4.69, 9.17) is 9.26 Å². The summed E-state index contributed by atoms with van der Waals surface area (Å²) in [7, 11) is 0. The normalized spacial score (nSPS) is 21.7. The van der Waals surface area contributed by atoms with E-state index in [2.05, 4.69) is 24.1 Å². The first-order valence-corrected chi connectivity index (χ1v) is 9.41. The summed E-state index contributed by atoms with van der Waals surface area (Å²) in [6.45, 7) is 4.56. The number of aromatic nitrogens is 3. The molecule has 2 aromatic rings. The smallest absolute Gasteiger partial charge is 0.372 e. The molecular weight excluding hydrogens is 375 g/mol. The van der Waals surface area contributed by atoms with Gasteiger partial charge in [-0.3, -0.25) is 4.79 Å². The quantitative estimate of drug-likeness (QED) is 0.791. The second-order valence-corrected chi connectivity index (χ2v) is 8.32. The standard InChI is InChI=1S/C19H22F3N3O3/c1-18(2)6-5-15-11(9-18)14(24-28-15)10-25-17(26)12(19(20,21)22)8-13(23-25)16-4-3-7-27-16/h8,16H,3-7,9-10H2,1-2H3. The van der Waals surface area contributed by atoms with E-state index in [1.165, 1.54) is 0 Å². The Balaban J connectivity index is 1.75. The average Bonchev–Trinajstić information content (AvgIpc) is 3.25. The van der Waals surface area contributed by atoms with Crippen molar-refractivity contribution in [2.75, 3.05) is 6.61 Å². The van der Waals surface area contributed by atoms with E-state index in [-0.39, 0.29) is 17.7 Å². The van der Waals surface area contributed by atoms with E-state index in [1.807, 2.05) is 0 Å². The molecule has 0 spiro atoms. The van der Waals surface area contributed by atoms with Crippen LogP contribution < -0.4 is 5.56 Å². The van der Waals surface area contributed by atoms with Gasteiger partial charge >= 0.3 is 6.18 Å². The van der Waals surface area contributed by atoms with Crippen molar-refractivity contribution < 1.29 is 22.4 Å². The first kappa shape index (κ1) is 19.2. The maximum atomic E-state index is 13.4. The average molecular weight is 397 g/mol. The van der Waals surface area contributed by atoms with Crippen LogP contribution in [0.5, 0.6) is 0 Å². The molecule has 1 fully saturated rings. The Morgan fingerprint density at radius 2 is 2.14 bits per heavy atom. The maximum absolute atomic E-state index is 13.4. The van der Waals surface area contributed by atoms with Gasteiger partial charge in [0.15, 0.2) is 0 Å². The molecule has 152 valence electrons. The van der Waals surface area contributed by atoms with Crippen LogP contribution in [0.2, 0.25) is 0 Å². The van der Waals surface area contributed by atoms with Crippen molar-refractivity contribution >= 4 is 0 Å². The fraction of sp³-hybridized carbons (Fsp3) is 0.632. The lowest BCUT2D eigenvalue weighted by atomic mass is 9.76. The Kier molecular flexibility index (Phi) is 4.60. The van der Waals surface area contributed by atoms with Crippen LogP contribution in [0.25, 0.3) is 0 Å². The highest BCUT2D eigenvalue weighted by Gasteiger charge is 2.37. The molecule has 1 unspecified atom stereocenters. The topological polar surface area (TPSA) is 70.2 Å². The number of ether oxygens (including phenoxy) is 1. The summed E-state index contributed by atoms with van der Waals surface area (Å²) in [6, 6.07) is 0.816. The molecule has 9 heteroatoms. The van der Waals surface area contributed by atoms with Gasteiger partial charge in [-0.1, -0.05) is 19.0 Å². The largest absolute Gasteiger partial charge is 0.421 e. The molecule has 0 radical (unpaired) electrons. The van der Waals surface area contributed by atoms with E-state index in [1.54, 1.807) is 0 Å². The van der Waals surface area contributed by atoms with E-state index < -0.39 is 23.4 Å². The summed E-state index contributed by atoms with van der Waals surface area (Å²) >= 11 is 0. The van der Waals surface area contributed by atoms with Gasteiger partial charge in [-0.2, -0.15) is 18.3 Å². The van der Waals surface area contributed by atoms with Crippen LogP contribution in [0.15, 0.2) is 15.4 Å². The number of nitrogens with zero attached hydrogens (tertiary/aromatic N) is 3. The third-order valence-corrected chi connectivity index (χ3v) is 5.49. The molecule has 2 aromatic heterocycles. The minimum Gasteiger partial charge on any atom is -0.372 e. The highest BCUT2D eigenvalue weighted by molar-refractivity contribution is 5.28. The van der Waals surface area contributed by atoms with Gasteiger partial charge in [0.2, 0.25) is 0 Å². The van der Waals surface area contributed by atoms with Gasteiger partial charge in [0.1, 0.15) is 23.1 Å². The molecular formula is C19H22F3N3O3. The molecule has 0 bridgehead atoms. The minimum atomic E-state index is -4.76. The number of hydrogen-bond acceptors (Lipinski definition) is 5. The fourth-order valence-corrected chi connectivity index (χ4v) is 3.90. The third kappa shape index (κ3) is 3.59. The molecule has 2 aliphatic rings. The molecule has 0 saturated carbocycles. The van der Waals surface area contributed by atoms with E-state index in [0.29, 0.717) is 25.1 Å². The SMILES string of the molecule is CC1(C)CCc2onc(Cn3nc(C4CCCO4)cc(C(F)(F)F)c3=O)c2C1. The Morgan fingerprint density at radius 3 is 2.82 bits per heavy atom. The molecule has 6 nitrogen and oxygen atoms in total. The second kappa shape index (κ2) is 6.72. The van der Waals surface area contributed by atoms with Gasteiger partial charge in [0, 0.05) is 18.6 Å². The van der Waals surface area contributed by atoms with Gasteiger partial charge in [-0.25, -0.2) is 4.68 Å². The van der Waals surface area contributed by atoms with Crippen LogP contribution in [0.3, 0.4) is 0 Å². The monoisotopic (exact) mass is 397 g/mol. The van der Waals surface area contributed by atoms with Gasteiger partial charge in [0.05, 0.1) is 12.2 Å². The lowest BCUT2D eigenvalue weighted by molar-refractivity contribution is -0.139. The van der Waals surface area contributed by atoms with Crippen LogP contribution in [-0.2, 0) is 30.3 Å². The van der Waals surface area contributed by atoms with Crippen molar-refractivity contribution in [3.63, 3.8) is 0 Å². The van der Waals surface area contributed by atoms with Crippen molar-refractivity contribution in [2.45, 2.75) is 64.8 Å². The predicted octanol–water partition coefficient (Wildman–Crippen LogP) is 3.66. The molecule has 3 heterocycles. The molecule has 1 aliphatic heterocycles. The second-order valence-electron chi connectivity index (χ2n) is 8.32. The Labute approximate surface area is 159 Å². The Bertz CT molecular complexity index is 940. The Hall–Kier alpha value is -2.16. The minimum absolute atomic E-state index is 0.0440. The number of halogens is 3. The van der Waals surface area contributed by atoms with E-state index in [0.717, 1.165) is 41.3 Å². The van der Waals surface area contributed by atoms with Crippen LogP contribution in [0, 0.1) is 5.41 Å². The lowest BCUT2D eigenvalue weighted by Gasteiger charge is -2.28. The number of fused-ring (bicyclic) bond motifs is 1. The maximum Gasteiger partial charge on any atom is 0.421 e. The summed E-state index contributed by atoms with van der Waals surface area (Å²) in [6.07, 6.45) is -1.60. The molecule has 4 rings (SSSR count). The van der Waals surface area contributed by atoms with Crippen LogP contribution in [-0.4, -0.2) is 21.5 Å². The fourth-order valence-electron chi connectivity index (χ4n) is 3.90. The van der Waals surface area contributed by atoms with E-state index in [9.17, 15) is 18.0 Å². The number of alkyl halides is 3. The Morgan fingerprint density at radius 1 is 1.36 bits per heavy atom. The van der Waals surface area contributed by atoms with Crippen molar-refractivity contribution in [3.8, 4) is 0 Å². The van der Waals surface area contributed by atoms with Crippen molar-refractivity contribution in [1.29, 1.82) is 0 Å². The number of aryl methyl sites for hydroxylation is 1. The highest BCUT2D eigenvalue weighted by Crippen LogP contribution is 2.36. The van der Waals surface area contributed by atoms with Gasteiger partial charge in [0.25, 0.3) is 5.56 Å². The van der Waals surface area contributed by atoms with Crippen LogP contribution in [0.4, 0.5) is 13.2 Å². The van der Waals surface area contributed by atoms with E-state index >= 15 is 0 Å². The van der Waals surface area contributed by atoms with Crippen molar-refractivity contribution in [3.05, 3.63) is 44.7 Å². The predicted molar refractivity (Wildman–Crippen MR) is 92.8 cm³/mol. The molecule has 0 N–H and O–H groups in total. The first-order chi connectivity index (χ1) is 13.1. The lowest BCUT2D eigenvalue weighted by Crippen LogP contribution is -2.33. The summed E-state index contributed by atoms with van der Waals surface area (Å²) in [5.74, 6) is 0.744. The zero-order valence-electron chi connectivity index (χ0n) is 15.8. The van der Waals surface area contributed by atoms with Crippen LogP contribution >= 0.6 is 0 Å². The van der Waals surface area contributed by atoms with Gasteiger partial charge in [-0.15, -0.1) is 0 Å². The molecule has 1 atom stereocenters. The molecule has 0 amide bonds. The number of hydrogen-bond donors (Lipinski definition) is 0. The summed E-state index contributed by atoms with van der Waals surface area (Å²) in [4.78, 5) is 12.5. The van der Waals surface area contributed by atoms with Gasteiger partial charge < -0.3 is 9.26 Å². The zero-order chi connectivity index (χ0) is 20.1. The molecule has 1 aliphatic carbocycles. The van der Waals surface area contributed by atoms with Crippen LogP contribution in [0.1, 0.15) is 67.5 Å². The molecule has 28 heavy (non-hydrogen) atoms. The molecule has 1 saturated heterocycles. The molecule has 0 aromatic carbocycles.